The molecule has 0 aliphatic rings. The van der Waals surface area contributed by atoms with Crippen molar-refractivity contribution in [3.05, 3.63) is 53.8 Å². The summed E-state index contributed by atoms with van der Waals surface area (Å²) in [5.41, 5.74) is 6.10. The first-order chi connectivity index (χ1) is 18.5. The Balaban J connectivity index is 2.13. The van der Waals surface area contributed by atoms with E-state index in [0.717, 1.165) is 0 Å². The predicted octanol–water partition coefficient (Wildman–Crippen LogP) is -0.0580. The Morgan fingerprint density at radius 2 is 1.79 bits per heavy atom. The molecule has 0 aromatic heterocycles. The molecular formula is C24H27FN4O8SSe. The Labute approximate surface area is 232 Å². The van der Waals surface area contributed by atoms with Crippen molar-refractivity contribution in [1.29, 1.82) is 0 Å². The van der Waals surface area contributed by atoms with Crippen molar-refractivity contribution >= 4 is 63.8 Å². The molecule has 0 saturated carbocycles. The quantitative estimate of drug-likeness (QED) is 0.145. The molecule has 15 heteroatoms. The molecule has 2 aromatic rings. The van der Waals surface area contributed by atoms with Gasteiger partial charge in [0.25, 0.3) is 0 Å². The van der Waals surface area contributed by atoms with Crippen LogP contribution in [0.1, 0.15) is 23.2 Å². The molecule has 0 fully saturated rings. The number of methoxy groups -OCH3 is 1. The Hall–Kier alpha value is -3.65. The number of carboxylic acids is 2. The molecule has 0 unspecified atom stereocenters. The van der Waals surface area contributed by atoms with E-state index in [-0.39, 0.29) is 18.6 Å². The number of rotatable bonds is 15. The van der Waals surface area contributed by atoms with E-state index >= 15 is 0 Å². The number of amides is 3. The van der Waals surface area contributed by atoms with Crippen LogP contribution in [0.25, 0.3) is 0 Å². The van der Waals surface area contributed by atoms with Gasteiger partial charge in [0.05, 0.1) is 0 Å². The summed E-state index contributed by atoms with van der Waals surface area (Å²) in [6.45, 7) is -0.662. The number of nitrogens with one attached hydrogen (secondary N) is 3. The zero-order valence-electron chi connectivity index (χ0n) is 20.6. The van der Waals surface area contributed by atoms with Gasteiger partial charge in [-0.15, -0.1) is 0 Å². The van der Waals surface area contributed by atoms with Gasteiger partial charge in [-0.3, -0.25) is 0 Å². The SMILES string of the molecule is COc1cccc(C(=O)Nc2ccc(F)cc2)c1[Se]SC[C@@H](NC(=O)CC[C@@H](N)C(=O)O)C(=O)NCC(=O)O. The van der Waals surface area contributed by atoms with Gasteiger partial charge in [0.15, 0.2) is 0 Å². The van der Waals surface area contributed by atoms with Gasteiger partial charge < -0.3 is 0 Å². The van der Waals surface area contributed by atoms with Crippen LogP contribution in [-0.4, -0.2) is 85.2 Å². The molecule has 2 atom stereocenters. The maximum atomic E-state index is 13.2. The zero-order valence-corrected chi connectivity index (χ0v) is 23.2. The van der Waals surface area contributed by atoms with Crippen molar-refractivity contribution in [2.24, 2.45) is 5.73 Å². The first kappa shape index (κ1) is 31.6. The van der Waals surface area contributed by atoms with Crippen LogP contribution in [0.4, 0.5) is 10.1 Å². The minimum absolute atomic E-state index is 0.0131. The molecule has 0 heterocycles. The zero-order chi connectivity index (χ0) is 28.9. The summed E-state index contributed by atoms with van der Waals surface area (Å²) >= 11 is -0.524. The molecule has 0 bridgehead atoms. The normalized spacial score (nSPS) is 12.1. The minimum atomic E-state index is -1.27. The number of carbonyl (C=O) groups excluding carboxylic acids is 3. The van der Waals surface area contributed by atoms with Gasteiger partial charge in [-0.25, -0.2) is 0 Å². The molecule has 12 nitrogen and oxygen atoms in total. The second-order valence-electron chi connectivity index (χ2n) is 7.88. The third-order valence-corrected chi connectivity index (χ3v) is 9.27. The average molecular weight is 630 g/mol. The molecule has 0 aliphatic heterocycles. The second kappa shape index (κ2) is 15.7. The molecule has 2 aromatic carbocycles. The molecule has 0 spiro atoms. The molecule has 2 rings (SSSR count). The first-order valence-electron chi connectivity index (χ1n) is 11.3. The molecule has 210 valence electrons. The number of halogens is 1. The topological polar surface area (TPSA) is 197 Å². The van der Waals surface area contributed by atoms with Crippen molar-refractivity contribution < 1.29 is 43.3 Å². The van der Waals surface area contributed by atoms with Crippen LogP contribution in [-0.2, 0) is 19.2 Å². The van der Waals surface area contributed by atoms with Gasteiger partial charge in [-0.05, 0) is 0 Å². The van der Waals surface area contributed by atoms with Gasteiger partial charge in [0.2, 0.25) is 0 Å². The Kier molecular flexibility index (Phi) is 12.7. The fourth-order valence-corrected chi connectivity index (χ4v) is 7.47. The number of carboxylic acid groups (broad SMARTS) is 2. The fraction of sp³-hybridized carbons (Fsp3) is 0.292. The Bertz CT molecular complexity index is 1200. The molecular weight excluding hydrogens is 602 g/mol. The van der Waals surface area contributed by atoms with E-state index in [1.807, 2.05) is 0 Å². The first-order valence-corrected chi connectivity index (χ1v) is 15.2. The van der Waals surface area contributed by atoms with E-state index in [4.69, 9.17) is 20.7 Å². The number of nitrogens with two attached hydrogens (primary N) is 1. The summed E-state index contributed by atoms with van der Waals surface area (Å²) in [5, 5.41) is 25.1. The molecule has 7 N–H and O–H groups in total. The monoisotopic (exact) mass is 630 g/mol. The van der Waals surface area contributed by atoms with Crippen LogP contribution in [0, 0.1) is 5.82 Å². The van der Waals surface area contributed by atoms with Gasteiger partial charge in [-0.1, -0.05) is 0 Å². The average Bonchev–Trinajstić information content (AvgIpc) is 2.90. The van der Waals surface area contributed by atoms with Crippen LogP contribution < -0.4 is 30.9 Å². The third-order valence-electron chi connectivity index (χ3n) is 4.99. The van der Waals surface area contributed by atoms with E-state index in [1.54, 1.807) is 18.2 Å². The number of benzene rings is 2. The third kappa shape index (κ3) is 10.6. The van der Waals surface area contributed by atoms with Crippen molar-refractivity contribution in [1.82, 2.24) is 10.6 Å². The maximum absolute atomic E-state index is 13.2. The number of carbonyl (C=O) groups is 5. The van der Waals surface area contributed by atoms with Crippen molar-refractivity contribution in [3.8, 4) is 5.75 Å². The molecule has 0 saturated heterocycles. The van der Waals surface area contributed by atoms with Gasteiger partial charge in [-0.2, -0.15) is 0 Å². The Morgan fingerprint density at radius 1 is 1.10 bits per heavy atom. The van der Waals surface area contributed by atoms with Gasteiger partial charge in [0, 0.05) is 0 Å². The summed E-state index contributed by atoms with van der Waals surface area (Å²) in [5.74, 6) is -4.40. The van der Waals surface area contributed by atoms with Gasteiger partial charge >= 0.3 is 233 Å². The van der Waals surface area contributed by atoms with E-state index in [9.17, 15) is 28.4 Å². The summed E-state index contributed by atoms with van der Waals surface area (Å²) in [4.78, 5) is 59.6. The van der Waals surface area contributed by atoms with E-state index < -0.39 is 67.9 Å². The summed E-state index contributed by atoms with van der Waals surface area (Å²) in [6, 6.07) is 7.74. The fourth-order valence-electron chi connectivity index (χ4n) is 2.98. The van der Waals surface area contributed by atoms with Crippen molar-refractivity contribution in [3.63, 3.8) is 0 Å². The van der Waals surface area contributed by atoms with E-state index in [0.29, 0.717) is 21.5 Å². The van der Waals surface area contributed by atoms with Crippen LogP contribution >= 0.6 is 10.2 Å². The number of anilines is 1. The molecule has 39 heavy (non-hydrogen) atoms. The van der Waals surface area contributed by atoms with Crippen molar-refractivity contribution in [2.75, 3.05) is 24.7 Å². The van der Waals surface area contributed by atoms with Crippen molar-refractivity contribution in [2.45, 2.75) is 24.9 Å². The second-order valence-corrected chi connectivity index (χ2v) is 12.0. The van der Waals surface area contributed by atoms with E-state index in [1.165, 1.54) is 41.6 Å². The molecule has 3 amide bonds. The van der Waals surface area contributed by atoms with Crippen LogP contribution in [0.5, 0.6) is 5.75 Å². The number of hydrogen-bond donors (Lipinski definition) is 6. The van der Waals surface area contributed by atoms with Crippen LogP contribution in [0.2, 0.25) is 0 Å². The number of ether oxygens (including phenoxy) is 1. The van der Waals surface area contributed by atoms with E-state index in [2.05, 4.69) is 16.0 Å². The van der Waals surface area contributed by atoms with Crippen LogP contribution in [0.15, 0.2) is 42.5 Å². The Morgan fingerprint density at radius 3 is 2.41 bits per heavy atom. The summed E-state index contributed by atoms with van der Waals surface area (Å²) in [6.07, 6.45) is -0.415. The summed E-state index contributed by atoms with van der Waals surface area (Å²) < 4.78 is 19.2. The molecule has 0 aliphatic carbocycles. The van der Waals surface area contributed by atoms with Crippen LogP contribution in [0.3, 0.4) is 0 Å². The predicted molar refractivity (Wildman–Crippen MR) is 143 cm³/mol. The number of hydrogen-bond acceptors (Lipinski definition) is 8. The molecule has 0 radical (unpaired) electrons. The summed E-state index contributed by atoms with van der Waals surface area (Å²) in [7, 11) is 2.66. The standard InChI is InChI=1S/C24H27FN4O8SSe/c1-37-18-4-2-3-15(22(33)28-14-7-5-13(25)6-8-14)21(18)39-38-12-17(23(34)27-11-20(31)32)29-19(30)10-9-16(26)24(35)36/h2-8,16-17H,9-12,26H2,1H3,(H,27,34)(H,28,33)(H,29,30)(H,31,32)(H,35,36)/t16-,17-/m1/s1. The number of aliphatic carboxylic acids is 2. The van der Waals surface area contributed by atoms with Gasteiger partial charge in [0.1, 0.15) is 0 Å².